The zero-order valence-corrected chi connectivity index (χ0v) is 18.6. The first-order valence-corrected chi connectivity index (χ1v) is 11.1. The molecule has 3 heterocycles. The number of allylic oxidation sites excluding steroid dienone is 1. The molecule has 1 amide bonds. The molecule has 0 bridgehead atoms. The number of amides is 1. The van der Waals surface area contributed by atoms with Crippen LogP contribution in [0.1, 0.15) is 24.1 Å². The first kappa shape index (κ1) is 20.7. The fourth-order valence-corrected chi connectivity index (χ4v) is 4.47. The van der Waals surface area contributed by atoms with Crippen molar-refractivity contribution in [1.82, 2.24) is 19.7 Å². The first-order chi connectivity index (χ1) is 15.6. The summed E-state index contributed by atoms with van der Waals surface area (Å²) in [5, 5.41) is 5.24. The van der Waals surface area contributed by atoms with Crippen LogP contribution < -0.4 is 4.90 Å². The van der Waals surface area contributed by atoms with Crippen molar-refractivity contribution < 1.29 is 9.53 Å². The molecule has 164 valence electrons. The molecule has 0 radical (unpaired) electrons. The largest absolute Gasteiger partial charge is 0.378 e. The number of hydrogen-bond donors (Lipinski definition) is 0. The highest BCUT2D eigenvalue weighted by atomic mass is 35.5. The Morgan fingerprint density at radius 2 is 1.81 bits per heavy atom. The molecule has 7 nitrogen and oxygen atoms in total. The number of halogens is 1. The molecule has 2 aromatic carbocycles. The standard InChI is InChI=1S/C24H24ClN5O2/c1-17-21(23(31)28-11-13-32-14-12-28)22(19-5-3-2-4-6-19)30-24(26-16-27-30)29(17)15-18-7-9-20(25)10-8-18/h2-10,16,22H,11-15H2,1H3/t22-/m1/s1. The Balaban J connectivity index is 1.62. The van der Waals surface area contributed by atoms with Gasteiger partial charge in [0.05, 0.1) is 25.3 Å². The molecule has 0 N–H and O–H groups in total. The third kappa shape index (κ3) is 3.78. The lowest BCUT2D eigenvalue weighted by atomic mass is 9.93. The van der Waals surface area contributed by atoms with Crippen LogP contribution in [0, 0.1) is 0 Å². The second kappa shape index (κ2) is 8.76. The highest BCUT2D eigenvalue weighted by molar-refractivity contribution is 6.30. The summed E-state index contributed by atoms with van der Waals surface area (Å²) in [6.45, 7) is 4.83. The summed E-state index contributed by atoms with van der Waals surface area (Å²) in [5.74, 6) is 0.728. The van der Waals surface area contributed by atoms with Crippen molar-refractivity contribution in [1.29, 1.82) is 0 Å². The molecule has 5 rings (SSSR count). The van der Waals surface area contributed by atoms with E-state index in [0.717, 1.165) is 16.8 Å². The zero-order valence-electron chi connectivity index (χ0n) is 17.8. The van der Waals surface area contributed by atoms with E-state index in [1.165, 1.54) is 0 Å². The van der Waals surface area contributed by atoms with Gasteiger partial charge in [-0.15, -0.1) is 0 Å². The summed E-state index contributed by atoms with van der Waals surface area (Å²) in [5.41, 5.74) is 3.66. The third-order valence-electron chi connectivity index (χ3n) is 6.01. The van der Waals surface area contributed by atoms with Gasteiger partial charge in [0.25, 0.3) is 5.91 Å². The van der Waals surface area contributed by atoms with Crippen molar-refractivity contribution in [2.45, 2.75) is 19.5 Å². The van der Waals surface area contributed by atoms with Gasteiger partial charge in [0.2, 0.25) is 5.95 Å². The van der Waals surface area contributed by atoms with E-state index in [1.54, 1.807) is 6.33 Å². The summed E-state index contributed by atoms with van der Waals surface area (Å²) in [4.78, 5) is 22.3. The molecule has 0 saturated carbocycles. The van der Waals surface area contributed by atoms with E-state index in [-0.39, 0.29) is 11.9 Å². The lowest BCUT2D eigenvalue weighted by Gasteiger charge is -2.38. The van der Waals surface area contributed by atoms with E-state index < -0.39 is 0 Å². The van der Waals surface area contributed by atoms with Gasteiger partial charge < -0.3 is 14.5 Å². The van der Waals surface area contributed by atoms with E-state index in [9.17, 15) is 4.79 Å². The van der Waals surface area contributed by atoms with Crippen molar-refractivity contribution in [2.75, 3.05) is 31.2 Å². The monoisotopic (exact) mass is 449 g/mol. The Hall–Kier alpha value is -3.16. The molecular formula is C24H24ClN5O2. The predicted molar refractivity (Wildman–Crippen MR) is 122 cm³/mol. The molecule has 8 heteroatoms. The predicted octanol–water partition coefficient (Wildman–Crippen LogP) is 3.67. The second-order valence-electron chi connectivity index (χ2n) is 7.93. The SMILES string of the molecule is CC1=C(C(=O)N2CCOCC2)[C@@H](c2ccccc2)n2ncnc2N1Cc1ccc(Cl)cc1. The van der Waals surface area contributed by atoms with Crippen LogP contribution in [0.15, 0.2) is 72.2 Å². The first-order valence-electron chi connectivity index (χ1n) is 10.7. The van der Waals surface area contributed by atoms with E-state index >= 15 is 0 Å². The fourth-order valence-electron chi connectivity index (χ4n) is 4.35. The molecule has 2 aliphatic rings. The smallest absolute Gasteiger partial charge is 0.254 e. The maximum atomic E-state index is 13.8. The average Bonchev–Trinajstić information content (AvgIpc) is 3.32. The number of hydrogen-bond acceptors (Lipinski definition) is 5. The van der Waals surface area contributed by atoms with Crippen molar-refractivity contribution in [3.63, 3.8) is 0 Å². The lowest BCUT2D eigenvalue weighted by molar-refractivity contribution is -0.131. The highest BCUT2D eigenvalue weighted by Crippen LogP contribution is 2.39. The fraction of sp³-hybridized carbons (Fsp3) is 0.292. The molecule has 0 unspecified atom stereocenters. The topological polar surface area (TPSA) is 63.5 Å². The number of carbonyl (C=O) groups is 1. The number of nitrogens with zero attached hydrogens (tertiary/aromatic N) is 5. The number of ether oxygens (including phenoxy) is 1. The quantitative estimate of drug-likeness (QED) is 0.608. The van der Waals surface area contributed by atoms with Crippen LogP contribution in [0.4, 0.5) is 5.95 Å². The summed E-state index contributed by atoms with van der Waals surface area (Å²) < 4.78 is 7.32. The van der Waals surface area contributed by atoms with Crippen LogP contribution in [-0.2, 0) is 16.1 Å². The van der Waals surface area contributed by atoms with Crippen molar-refractivity contribution in [3.8, 4) is 0 Å². The molecule has 2 aliphatic heterocycles. The minimum absolute atomic E-state index is 0.0157. The van der Waals surface area contributed by atoms with Crippen molar-refractivity contribution in [2.24, 2.45) is 0 Å². The van der Waals surface area contributed by atoms with Gasteiger partial charge >= 0.3 is 0 Å². The zero-order chi connectivity index (χ0) is 22.1. The molecule has 0 aliphatic carbocycles. The molecule has 0 spiro atoms. The number of fused-ring (bicyclic) bond motifs is 1. The van der Waals surface area contributed by atoms with Crippen LogP contribution >= 0.6 is 11.6 Å². The molecule has 1 fully saturated rings. The van der Waals surface area contributed by atoms with Gasteiger partial charge in [0.1, 0.15) is 12.4 Å². The Kier molecular flexibility index (Phi) is 5.68. The third-order valence-corrected chi connectivity index (χ3v) is 6.26. The second-order valence-corrected chi connectivity index (χ2v) is 8.37. The van der Waals surface area contributed by atoms with Gasteiger partial charge in [-0.25, -0.2) is 4.68 Å². The molecule has 1 atom stereocenters. The number of aromatic nitrogens is 3. The van der Waals surface area contributed by atoms with Gasteiger partial charge in [-0.2, -0.15) is 10.1 Å². The van der Waals surface area contributed by atoms with Crippen molar-refractivity contribution in [3.05, 3.63) is 88.3 Å². The van der Waals surface area contributed by atoms with Gasteiger partial charge in [-0.1, -0.05) is 54.1 Å². The summed E-state index contributed by atoms with van der Waals surface area (Å²) >= 11 is 6.07. The van der Waals surface area contributed by atoms with E-state index in [0.29, 0.717) is 49.4 Å². The van der Waals surface area contributed by atoms with E-state index in [4.69, 9.17) is 16.3 Å². The van der Waals surface area contributed by atoms with Crippen LogP contribution in [0.3, 0.4) is 0 Å². The summed E-state index contributed by atoms with van der Waals surface area (Å²) in [6, 6.07) is 17.4. The summed E-state index contributed by atoms with van der Waals surface area (Å²) in [7, 11) is 0. The summed E-state index contributed by atoms with van der Waals surface area (Å²) in [6.07, 6.45) is 1.55. The molecule has 1 saturated heterocycles. The number of morpholine rings is 1. The van der Waals surface area contributed by atoms with Gasteiger partial charge in [0, 0.05) is 23.8 Å². The van der Waals surface area contributed by atoms with Crippen molar-refractivity contribution >= 4 is 23.5 Å². The Morgan fingerprint density at radius 3 is 2.53 bits per heavy atom. The van der Waals surface area contributed by atoms with Gasteiger partial charge in [-0.05, 0) is 30.2 Å². The number of rotatable bonds is 4. The molecule has 1 aromatic heterocycles. The van der Waals surface area contributed by atoms with Gasteiger partial charge in [0.15, 0.2) is 0 Å². The van der Waals surface area contributed by atoms with Crippen LogP contribution in [0.25, 0.3) is 0 Å². The highest BCUT2D eigenvalue weighted by Gasteiger charge is 2.38. The average molecular weight is 450 g/mol. The Bertz CT molecular complexity index is 1140. The Morgan fingerprint density at radius 1 is 1.09 bits per heavy atom. The normalized spacial score (nSPS) is 18.6. The Labute approximate surface area is 191 Å². The maximum Gasteiger partial charge on any atom is 0.254 e. The minimum Gasteiger partial charge on any atom is -0.378 e. The number of benzene rings is 2. The molecule has 3 aromatic rings. The van der Waals surface area contributed by atoms with Crippen LogP contribution in [0.2, 0.25) is 5.02 Å². The molecular weight excluding hydrogens is 426 g/mol. The van der Waals surface area contributed by atoms with Gasteiger partial charge in [-0.3, -0.25) is 4.79 Å². The van der Waals surface area contributed by atoms with Crippen LogP contribution in [0.5, 0.6) is 0 Å². The minimum atomic E-state index is -0.342. The number of anilines is 1. The maximum absolute atomic E-state index is 13.8. The van der Waals surface area contributed by atoms with E-state index in [2.05, 4.69) is 15.0 Å². The number of carbonyl (C=O) groups excluding carboxylic acids is 1. The molecule has 32 heavy (non-hydrogen) atoms. The van der Waals surface area contributed by atoms with Crippen LogP contribution in [-0.4, -0.2) is 51.9 Å². The lowest BCUT2D eigenvalue weighted by Crippen LogP contribution is -2.45. The van der Waals surface area contributed by atoms with E-state index in [1.807, 2.05) is 71.1 Å².